The number of rotatable bonds is 6. The predicted molar refractivity (Wildman–Crippen MR) is 71.2 cm³/mol. The van der Waals surface area contributed by atoms with Crippen LogP contribution in [0.1, 0.15) is 26.7 Å². The minimum absolute atomic E-state index is 0.0542. The highest BCUT2D eigenvalue weighted by Gasteiger charge is 2.15. The highest BCUT2D eigenvalue weighted by Crippen LogP contribution is 2.27. The maximum absolute atomic E-state index is 10.4. The lowest BCUT2D eigenvalue weighted by Crippen LogP contribution is -2.10. The molecule has 0 aliphatic carbocycles. The highest BCUT2D eigenvalue weighted by atomic mass is 32.2. The van der Waals surface area contributed by atoms with Crippen molar-refractivity contribution in [3.05, 3.63) is 0 Å². The van der Waals surface area contributed by atoms with Gasteiger partial charge in [-0.3, -0.25) is 9.59 Å². The first kappa shape index (κ1) is 15.7. The van der Waals surface area contributed by atoms with Gasteiger partial charge < -0.3 is 10.2 Å². The van der Waals surface area contributed by atoms with Crippen molar-refractivity contribution in [3.63, 3.8) is 0 Å². The molecule has 0 aromatic carbocycles. The third kappa shape index (κ3) is 8.99. The van der Waals surface area contributed by atoms with E-state index in [0.29, 0.717) is 3.53 Å². The van der Waals surface area contributed by atoms with Crippen LogP contribution in [0.5, 0.6) is 0 Å². The van der Waals surface area contributed by atoms with Crippen molar-refractivity contribution in [1.82, 2.24) is 0 Å². The van der Waals surface area contributed by atoms with Crippen LogP contribution >= 0.6 is 35.7 Å². The Hall–Kier alpha value is -0.270. The molecule has 0 bridgehead atoms. The smallest absolute Gasteiger partial charge is 0.304 e. The lowest BCUT2D eigenvalue weighted by molar-refractivity contribution is -0.137. The standard InChI is InChI=1S/C9H14O4S3/c1-5(3-7(10)11)15-9(14)16-6(2)4-8(12)13/h5-6H,3-4H2,1-2H3,(H,10,11)(H,12,13). The topological polar surface area (TPSA) is 74.6 Å². The van der Waals surface area contributed by atoms with E-state index < -0.39 is 11.9 Å². The Morgan fingerprint density at radius 2 is 1.38 bits per heavy atom. The molecule has 0 radical (unpaired) electrons. The Kier molecular flexibility index (Phi) is 7.78. The zero-order chi connectivity index (χ0) is 12.7. The lowest BCUT2D eigenvalue weighted by Gasteiger charge is -2.12. The summed E-state index contributed by atoms with van der Waals surface area (Å²) < 4.78 is 0.600. The molecule has 2 atom stereocenters. The number of hydrogen-bond donors (Lipinski definition) is 2. The van der Waals surface area contributed by atoms with E-state index >= 15 is 0 Å². The van der Waals surface area contributed by atoms with Gasteiger partial charge in [-0.2, -0.15) is 0 Å². The van der Waals surface area contributed by atoms with Crippen molar-refractivity contribution in [3.8, 4) is 0 Å². The number of aliphatic carboxylic acids is 2. The van der Waals surface area contributed by atoms with Gasteiger partial charge in [0, 0.05) is 10.5 Å². The third-order valence-electron chi connectivity index (χ3n) is 1.52. The van der Waals surface area contributed by atoms with Gasteiger partial charge in [0.2, 0.25) is 0 Å². The molecule has 0 rings (SSSR count). The lowest BCUT2D eigenvalue weighted by atomic mass is 10.3. The fourth-order valence-electron chi connectivity index (χ4n) is 0.931. The number of thiocarbonyl (C=S) groups is 1. The maximum atomic E-state index is 10.4. The number of hydrogen-bond acceptors (Lipinski definition) is 5. The number of carboxylic acid groups (broad SMARTS) is 2. The van der Waals surface area contributed by atoms with Crippen molar-refractivity contribution in [2.45, 2.75) is 37.2 Å². The molecule has 0 heterocycles. The average molecular weight is 282 g/mol. The van der Waals surface area contributed by atoms with Crippen molar-refractivity contribution >= 4 is 51.2 Å². The first-order chi connectivity index (χ1) is 7.31. The van der Waals surface area contributed by atoms with Crippen LogP contribution < -0.4 is 0 Å². The van der Waals surface area contributed by atoms with E-state index in [9.17, 15) is 9.59 Å². The van der Waals surface area contributed by atoms with Gasteiger partial charge in [0.1, 0.15) is 3.53 Å². The molecule has 92 valence electrons. The van der Waals surface area contributed by atoms with Gasteiger partial charge in [-0.25, -0.2) is 0 Å². The van der Waals surface area contributed by atoms with Crippen molar-refractivity contribution < 1.29 is 19.8 Å². The predicted octanol–water partition coefficient (Wildman–Crippen LogP) is 2.46. The summed E-state index contributed by atoms with van der Waals surface area (Å²) in [6.07, 6.45) is 0.108. The van der Waals surface area contributed by atoms with E-state index in [-0.39, 0.29) is 23.3 Å². The van der Waals surface area contributed by atoms with Gasteiger partial charge in [-0.05, 0) is 0 Å². The summed E-state index contributed by atoms with van der Waals surface area (Å²) in [7, 11) is 0. The van der Waals surface area contributed by atoms with Crippen LogP contribution in [0.25, 0.3) is 0 Å². The van der Waals surface area contributed by atoms with Crippen molar-refractivity contribution in [2.75, 3.05) is 0 Å². The van der Waals surface area contributed by atoms with Crippen LogP contribution in [0.15, 0.2) is 0 Å². The fraction of sp³-hybridized carbons (Fsp3) is 0.667. The van der Waals surface area contributed by atoms with Crippen molar-refractivity contribution in [1.29, 1.82) is 0 Å². The SMILES string of the molecule is CC(CC(=O)O)SC(=S)SC(C)CC(=O)O. The van der Waals surface area contributed by atoms with E-state index in [4.69, 9.17) is 22.4 Å². The summed E-state index contributed by atoms with van der Waals surface area (Å²) in [4.78, 5) is 20.8. The molecular formula is C9H14O4S3. The number of thioether (sulfide) groups is 2. The van der Waals surface area contributed by atoms with Crippen LogP contribution in [-0.2, 0) is 9.59 Å². The van der Waals surface area contributed by atoms with Crippen LogP contribution in [-0.4, -0.2) is 36.2 Å². The van der Waals surface area contributed by atoms with Crippen LogP contribution in [0.2, 0.25) is 0 Å². The minimum Gasteiger partial charge on any atom is -0.481 e. The summed E-state index contributed by atoms with van der Waals surface area (Å²) in [5.74, 6) is -1.71. The molecule has 4 nitrogen and oxygen atoms in total. The summed E-state index contributed by atoms with van der Waals surface area (Å²) in [6.45, 7) is 3.57. The van der Waals surface area contributed by atoms with Gasteiger partial charge >= 0.3 is 11.9 Å². The second kappa shape index (κ2) is 7.92. The molecule has 0 spiro atoms. The van der Waals surface area contributed by atoms with E-state index in [2.05, 4.69) is 0 Å². The molecular weight excluding hydrogens is 268 g/mol. The summed E-state index contributed by atoms with van der Waals surface area (Å²) in [6, 6.07) is 0. The van der Waals surface area contributed by atoms with Gasteiger partial charge in [0.15, 0.2) is 0 Å². The molecule has 0 aliphatic heterocycles. The summed E-state index contributed by atoms with van der Waals surface area (Å²) in [5, 5.41) is 16.9. The number of carboxylic acids is 2. The first-order valence-corrected chi connectivity index (χ1v) is 6.79. The molecule has 0 saturated heterocycles. The Bertz CT molecular complexity index is 254. The highest BCUT2D eigenvalue weighted by molar-refractivity contribution is 8.47. The van der Waals surface area contributed by atoms with Crippen molar-refractivity contribution in [2.24, 2.45) is 0 Å². The molecule has 2 unspecified atom stereocenters. The Morgan fingerprint density at radius 1 is 1.06 bits per heavy atom. The summed E-state index contributed by atoms with van der Waals surface area (Å²) in [5.41, 5.74) is 0. The van der Waals surface area contributed by atoms with E-state index in [1.807, 2.05) is 0 Å². The largest absolute Gasteiger partial charge is 0.481 e. The van der Waals surface area contributed by atoms with E-state index in [1.165, 1.54) is 23.5 Å². The first-order valence-electron chi connectivity index (χ1n) is 4.62. The van der Waals surface area contributed by atoms with Gasteiger partial charge in [0.25, 0.3) is 0 Å². The van der Waals surface area contributed by atoms with Gasteiger partial charge in [-0.1, -0.05) is 26.1 Å². The number of carbonyl (C=O) groups is 2. The molecule has 0 fully saturated rings. The molecule has 0 amide bonds. The second-order valence-corrected chi connectivity index (χ2v) is 7.38. The maximum Gasteiger partial charge on any atom is 0.304 e. The van der Waals surface area contributed by atoms with Crippen LogP contribution in [0.4, 0.5) is 0 Å². The van der Waals surface area contributed by atoms with Crippen LogP contribution in [0, 0.1) is 0 Å². The molecule has 0 aromatic heterocycles. The molecule has 7 heteroatoms. The minimum atomic E-state index is -0.855. The zero-order valence-electron chi connectivity index (χ0n) is 9.00. The Morgan fingerprint density at radius 3 is 1.62 bits per heavy atom. The van der Waals surface area contributed by atoms with E-state index in [0.717, 1.165) is 0 Å². The zero-order valence-corrected chi connectivity index (χ0v) is 11.5. The quantitative estimate of drug-likeness (QED) is 0.725. The molecule has 2 N–H and O–H groups in total. The molecule has 0 aliphatic rings. The normalized spacial score (nSPS) is 14.1. The molecule has 0 aromatic rings. The fourth-order valence-corrected chi connectivity index (χ4v) is 4.23. The van der Waals surface area contributed by atoms with E-state index in [1.54, 1.807) is 13.8 Å². The van der Waals surface area contributed by atoms with Crippen LogP contribution in [0.3, 0.4) is 0 Å². The molecule has 16 heavy (non-hydrogen) atoms. The monoisotopic (exact) mass is 282 g/mol. The summed E-state index contributed by atoms with van der Waals surface area (Å²) >= 11 is 7.66. The Labute approximate surface area is 108 Å². The van der Waals surface area contributed by atoms with Gasteiger partial charge in [-0.15, -0.1) is 23.5 Å². The van der Waals surface area contributed by atoms with Gasteiger partial charge in [0.05, 0.1) is 12.8 Å². The average Bonchev–Trinajstić information content (AvgIpc) is 1.97. The Balaban J connectivity index is 3.89. The molecule has 0 saturated carbocycles. The third-order valence-corrected chi connectivity index (χ3v) is 4.20. The second-order valence-electron chi connectivity index (χ2n) is 3.30.